The van der Waals surface area contributed by atoms with Crippen LogP contribution in [0.1, 0.15) is 11.6 Å². The number of aromatic nitrogens is 1. The molecule has 4 rings (SSSR count). The van der Waals surface area contributed by atoms with Crippen LogP contribution in [0.4, 0.5) is 0 Å². The zero-order valence-corrected chi connectivity index (χ0v) is 18.8. The molecule has 8 nitrogen and oxygen atoms in total. The summed E-state index contributed by atoms with van der Waals surface area (Å²) < 4.78 is 56.5. The van der Waals surface area contributed by atoms with Crippen LogP contribution < -0.4 is 5.32 Å². The second-order valence-corrected chi connectivity index (χ2v) is 13.1. The van der Waals surface area contributed by atoms with E-state index in [1.165, 1.54) is 6.07 Å². The van der Waals surface area contributed by atoms with E-state index in [4.69, 9.17) is 4.74 Å². The number of morpholine rings is 1. The fourth-order valence-electron chi connectivity index (χ4n) is 4.07. The van der Waals surface area contributed by atoms with Gasteiger partial charge in [-0.15, -0.1) is 11.3 Å². The van der Waals surface area contributed by atoms with Crippen molar-refractivity contribution >= 4 is 31.0 Å². The van der Waals surface area contributed by atoms with Crippen molar-refractivity contribution in [3.8, 4) is 0 Å². The van der Waals surface area contributed by atoms with Gasteiger partial charge in [-0.05, 0) is 23.1 Å². The molecule has 164 valence electrons. The lowest BCUT2D eigenvalue weighted by Gasteiger charge is -2.35. The summed E-state index contributed by atoms with van der Waals surface area (Å²) in [6.07, 6.45) is 3.51. The first-order chi connectivity index (χ1) is 14.4. The average Bonchev–Trinajstić information content (AvgIpc) is 3.38. The Labute approximate surface area is 181 Å². The van der Waals surface area contributed by atoms with E-state index in [2.05, 4.69) is 15.2 Å². The van der Waals surface area contributed by atoms with Crippen molar-refractivity contribution in [2.24, 2.45) is 0 Å². The maximum atomic E-state index is 13.1. The normalized spacial score (nSPS) is 25.9. The number of sulfone groups is 2. The molecule has 0 amide bonds. The number of hydrogen-bond acceptors (Lipinski definition) is 9. The molecule has 2 fully saturated rings. The van der Waals surface area contributed by atoms with Gasteiger partial charge >= 0.3 is 0 Å². The van der Waals surface area contributed by atoms with Gasteiger partial charge in [0.2, 0.25) is 0 Å². The van der Waals surface area contributed by atoms with E-state index >= 15 is 0 Å². The third kappa shape index (κ3) is 4.76. The van der Waals surface area contributed by atoms with E-state index in [0.717, 1.165) is 30.0 Å². The molecule has 1 unspecified atom stereocenters. The third-order valence-corrected chi connectivity index (χ3v) is 11.2. The molecule has 2 aromatic heterocycles. The highest BCUT2D eigenvalue weighted by atomic mass is 32.2. The first kappa shape index (κ1) is 21.8. The van der Waals surface area contributed by atoms with Crippen LogP contribution in [0.15, 0.2) is 46.2 Å². The van der Waals surface area contributed by atoms with Gasteiger partial charge < -0.3 is 10.1 Å². The van der Waals surface area contributed by atoms with Gasteiger partial charge in [0.1, 0.15) is 4.21 Å². The van der Waals surface area contributed by atoms with Crippen molar-refractivity contribution in [1.82, 2.24) is 15.2 Å². The van der Waals surface area contributed by atoms with Crippen molar-refractivity contribution in [2.45, 2.75) is 21.5 Å². The van der Waals surface area contributed by atoms with Gasteiger partial charge in [-0.1, -0.05) is 12.1 Å². The van der Waals surface area contributed by atoms with E-state index < -0.39 is 31.0 Å². The van der Waals surface area contributed by atoms with Crippen LogP contribution in [-0.4, -0.2) is 82.4 Å². The molecule has 11 heteroatoms. The van der Waals surface area contributed by atoms with Crippen LogP contribution in [-0.2, 0) is 24.4 Å². The summed E-state index contributed by atoms with van der Waals surface area (Å²) in [7, 11) is -7.16. The molecule has 0 spiro atoms. The van der Waals surface area contributed by atoms with Crippen molar-refractivity contribution in [2.75, 3.05) is 44.4 Å². The van der Waals surface area contributed by atoms with Gasteiger partial charge in [-0.2, -0.15) is 0 Å². The molecule has 4 heterocycles. The Kier molecular flexibility index (Phi) is 6.56. The number of pyridine rings is 1. The Hall–Kier alpha value is -1.37. The lowest BCUT2D eigenvalue weighted by molar-refractivity contribution is 0.0157. The monoisotopic (exact) mass is 471 g/mol. The number of nitrogens with zero attached hydrogens (tertiary/aromatic N) is 2. The van der Waals surface area contributed by atoms with Gasteiger partial charge in [0.25, 0.3) is 0 Å². The fourth-order valence-corrected chi connectivity index (χ4v) is 10.0. The number of thiophene rings is 1. The minimum atomic E-state index is -3.72. The largest absolute Gasteiger partial charge is 0.379 e. The minimum absolute atomic E-state index is 0.0454. The van der Waals surface area contributed by atoms with Crippen LogP contribution in [0, 0.1) is 0 Å². The smallest absolute Gasteiger partial charge is 0.193 e. The molecule has 30 heavy (non-hydrogen) atoms. The molecule has 3 atom stereocenters. The number of ether oxygens (including phenoxy) is 1. The zero-order chi connectivity index (χ0) is 21.2. The molecule has 2 aliphatic heterocycles. The highest BCUT2D eigenvalue weighted by molar-refractivity contribution is 7.97. The number of rotatable bonds is 7. The zero-order valence-electron chi connectivity index (χ0n) is 16.4. The Morgan fingerprint density at radius 3 is 2.70 bits per heavy atom. The molecule has 2 aromatic rings. The Morgan fingerprint density at radius 2 is 2.03 bits per heavy atom. The van der Waals surface area contributed by atoms with Crippen LogP contribution in [0.3, 0.4) is 0 Å². The second kappa shape index (κ2) is 9.01. The van der Waals surface area contributed by atoms with Gasteiger partial charge in [-0.3, -0.25) is 9.88 Å². The standard InChI is InChI=1S/C19H25N3O5S3/c23-29(24)13-16(18(14-29)30(25,26)19-4-2-10-28-19)21-12-17(15-3-1-5-20-11-15)22-6-8-27-9-7-22/h1-5,10-11,16-18,21H,6-9,12-14H2/t16-,17?,18-/m0/s1. The van der Waals surface area contributed by atoms with Crippen molar-refractivity contribution in [1.29, 1.82) is 0 Å². The SMILES string of the molecule is O=S1(=O)C[C@H](NCC(c2cccnc2)N2CCOCC2)[C@@H](S(=O)(=O)c2cccs2)C1. The van der Waals surface area contributed by atoms with Crippen molar-refractivity contribution in [3.05, 3.63) is 47.6 Å². The summed E-state index contributed by atoms with van der Waals surface area (Å²) in [6, 6.07) is 6.36. The minimum Gasteiger partial charge on any atom is -0.379 e. The highest BCUT2D eigenvalue weighted by Gasteiger charge is 2.46. The summed E-state index contributed by atoms with van der Waals surface area (Å²) >= 11 is 1.12. The van der Waals surface area contributed by atoms with Crippen LogP contribution in [0.2, 0.25) is 0 Å². The quantitative estimate of drug-likeness (QED) is 0.631. The van der Waals surface area contributed by atoms with E-state index in [1.807, 2.05) is 12.1 Å². The molecule has 0 bridgehead atoms. The van der Waals surface area contributed by atoms with Crippen LogP contribution in [0.25, 0.3) is 0 Å². The summed E-state index contributed by atoms with van der Waals surface area (Å²) in [4.78, 5) is 6.48. The second-order valence-electron chi connectivity index (χ2n) is 7.56. The predicted molar refractivity (Wildman–Crippen MR) is 115 cm³/mol. The van der Waals surface area contributed by atoms with Crippen molar-refractivity contribution in [3.63, 3.8) is 0 Å². The van der Waals surface area contributed by atoms with E-state index in [-0.39, 0.29) is 21.8 Å². The molecular formula is C19H25N3O5S3. The maximum absolute atomic E-state index is 13.1. The first-order valence-electron chi connectivity index (χ1n) is 9.80. The Balaban J connectivity index is 1.55. The van der Waals surface area contributed by atoms with Gasteiger partial charge in [0.15, 0.2) is 19.7 Å². The molecule has 1 N–H and O–H groups in total. The summed E-state index contributed by atoms with van der Waals surface area (Å²) in [5, 5.41) is 3.99. The molecule has 2 saturated heterocycles. The van der Waals surface area contributed by atoms with E-state index in [0.29, 0.717) is 19.8 Å². The van der Waals surface area contributed by atoms with Gasteiger partial charge in [-0.25, -0.2) is 16.8 Å². The summed E-state index contributed by atoms with van der Waals surface area (Å²) in [6.45, 7) is 3.19. The molecule has 0 radical (unpaired) electrons. The molecular weight excluding hydrogens is 446 g/mol. The Bertz CT molecular complexity index is 1040. The van der Waals surface area contributed by atoms with E-state index in [1.54, 1.807) is 23.8 Å². The Morgan fingerprint density at radius 1 is 1.23 bits per heavy atom. The molecule has 0 aromatic carbocycles. The van der Waals surface area contributed by atoms with E-state index in [9.17, 15) is 16.8 Å². The van der Waals surface area contributed by atoms with Crippen molar-refractivity contribution < 1.29 is 21.6 Å². The summed E-state index contributed by atoms with van der Waals surface area (Å²) in [5.41, 5.74) is 1.01. The molecule has 0 aliphatic carbocycles. The highest BCUT2D eigenvalue weighted by Crippen LogP contribution is 2.29. The van der Waals surface area contributed by atoms with Crippen LogP contribution in [0.5, 0.6) is 0 Å². The van der Waals surface area contributed by atoms with Gasteiger partial charge in [0.05, 0.1) is 30.0 Å². The molecule has 2 aliphatic rings. The number of hydrogen-bond donors (Lipinski definition) is 1. The topological polar surface area (TPSA) is 106 Å². The lowest BCUT2D eigenvalue weighted by Crippen LogP contribution is -2.48. The van der Waals surface area contributed by atoms with Crippen LogP contribution >= 0.6 is 11.3 Å². The lowest BCUT2D eigenvalue weighted by atomic mass is 10.1. The fraction of sp³-hybridized carbons (Fsp3) is 0.526. The maximum Gasteiger partial charge on any atom is 0.193 e. The van der Waals surface area contributed by atoms with Gasteiger partial charge in [0, 0.05) is 44.1 Å². The predicted octanol–water partition coefficient (Wildman–Crippen LogP) is 0.746. The summed E-state index contributed by atoms with van der Waals surface area (Å²) in [5.74, 6) is -0.523. The molecule has 0 saturated carbocycles. The average molecular weight is 472 g/mol. The number of nitrogens with one attached hydrogen (secondary N) is 1. The third-order valence-electron chi connectivity index (χ3n) is 5.60. The first-order valence-corrected chi connectivity index (χ1v) is 14.0.